The molecule has 1 saturated carbocycles. The Hall–Kier alpha value is -2.56. The van der Waals surface area contributed by atoms with Crippen LogP contribution in [0.4, 0.5) is 5.69 Å². The van der Waals surface area contributed by atoms with Gasteiger partial charge >= 0.3 is 0 Å². The van der Waals surface area contributed by atoms with Gasteiger partial charge in [-0.05, 0) is 48.8 Å². The molecule has 164 valence electrons. The molecule has 5 nitrogen and oxygen atoms in total. The highest BCUT2D eigenvalue weighted by atomic mass is 16.2. The average molecular weight is 420 g/mol. The molecule has 5 heteroatoms. The molecule has 3 aliphatic rings. The normalized spacial score (nSPS) is 21.6. The number of hydrogen-bond acceptors (Lipinski definition) is 3. The zero-order chi connectivity index (χ0) is 21.7. The van der Waals surface area contributed by atoms with Gasteiger partial charge in [0.25, 0.3) is 5.91 Å². The fourth-order valence-corrected chi connectivity index (χ4v) is 5.85. The summed E-state index contributed by atoms with van der Waals surface area (Å²) in [5.74, 6) is 0.883. The van der Waals surface area contributed by atoms with Gasteiger partial charge in [0.2, 0.25) is 5.91 Å². The van der Waals surface area contributed by atoms with Gasteiger partial charge in [-0.25, -0.2) is 0 Å². The van der Waals surface area contributed by atoms with E-state index in [9.17, 15) is 9.59 Å². The van der Waals surface area contributed by atoms with Crippen LogP contribution < -0.4 is 5.32 Å². The van der Waals surface area contributed by atoms with E-state index in [1.54, 1.807) is 0 Å². The first-order valence-electron chi connectivity index (χ1n) is 11.9. The first kappa shape index (κ1) is 20.3. The van der Waals surface area contributed by atoms with E-state index >= 15 is 0 Å². The lowest BCUT2D eigenvalue weighted by Crippen LogP contribution is -2.34. The van der Waals surface area contributed by atoms with Crippen molar-refractivity contribution in [3.05, 3.63) is 41.2 Å². The molecule has 2 amide bonds. The lowest BCUT2D eigenvalue weighted by molar-refractivity contribution is -0.139. The van der Waals surface area contributed by atoms with Crippen molar-refractivity contribution >= 4 is 28.4 Å². The SMILES string of the molecule is CC(=O)N1CC2=C(C1=O)[C@H](C1CCCCC1)c1cn(CCC(C)C)c3cccc(c13)N2. The highest BCUT2D eigenvalue weighted by Crippen LogP contribution is 2.49. The molecule has 31 heavy (non-hydrogen) atoms. The maximum absolute atomic E-state index is 13.5. The van der Waals surface area contributed by atoms with Crippen molar-refractivity contribution in [2.75, 3.05) is 11.9 Å². The second-order valence-corrected chi connectivity index (χ2v) is 9.96. The minimum Gasteiger partial charge on any atom is -0.356 e. The van der Waals surface area contributed by atoms with Crippen molar-refractivity contribution in [1.29, 1.82) is 0 Å². The Kier molecular flexibility index (Phi) is 5.15. The second-order valence-electron chi connectivity index (χ2n) is 9.96. The molecular formula is C26H33N3O2. The van der Waals surface area contributed by atoms with E-state index in [0.717, 1.165) is 42.8 Å². The van der Waals surface area contributed by atoms with Crippen molar-refractivity contribution in [3.63, 3.8) is 0 Å². The van der Waals surface area contributed by atoms with E-state index in [-0.39, 0.29) is 17.7 Å². The first-order chi connectivity index (χ1) is 15.0. The van der Waals surface area contributed by atoms with Crippen LogP contribution >= 0.6 is 0 Å². The molecule has 1 atom stereocenters. The summed E-state index contributed by atoms with van der Waals surface area (Å²) < 4.78 is 2.39. The number of aryl methyl sites for hydroxylation is 1. The van der Waals surface area contributed by atoms with Gasteiger partial charge in [-0.2, -0.15) is 0 Å². The molecule has 2 aromatic rings. The standard InChI is InChI=1S/C26H33N3O2/c1-16(2)12-13-28-14-19-23(18-8-5-4-6-9-18)25-21(15-29(17(3)30)26(25)31)27-20-10-7-11-22(28)24(19)20/h7,10-11,14,16,18,23,27H,4-6,8-9,12-13,15H2,1-3H3/t23-/m1/s1. The third-order valence-corrected chi connectivity index (χ3v) is 7.43. The zero-order valence-corrected chi connectivity index (χ0v) is 18.9. The largest absolute Gasteiger partial charge is 0.356 e. The van der Waals surface area contributed by atoms with E-state index in [1.165, 1.54) is 47.6 Å². The Morgan fingerprint density at radius 2 is 1.97 bits per heavy atom. The number of carbonyl (C=O) groups excluding carboxylic acids is 2. The van der Waals surface area contributed by atoms with Crippen molar-refractivity contribution in [3.8, 4) is 0 Å². The molecule has 5 rings (SSSR count). The molecule has 0 unspecified atom stereocenters. The van der Waals surface area contributed by atoms with Crippen LogP contribution in [-0.2, 0) is 16.1 Å². The molecule has 1 aromatic carbocycles. The molecule has 1 fully saturated rings. The highest BCUT2D eigenvalue weighted by Gasteiger charge is 2.43. The van der Waals surface area contributed by atoms with E-state index in [2.05, 4.69) is 48.1 Å². The van der Waals surface area contributed by atoms with Gasteiger partial charge < -0.3 is 9.88 Å². The van der Waals surface area contributed by atoms with Crippen molar-refractivity contribution in [2.45, 2.75) is 71.8 Å². The number of anilines is 1. The quantitative estimate of drug-likeness (QED) is 0.720. The summed E-state index contributed by atoms with van der Waals surface area (Å²) in [6, 6.07) is 6.43. The summed E-state index contributed by atoms with van der Waals surface area (Å²) in [5, 5.41) is 4.86. The maximum atomic E-state index is 13.5. The second kappa shape index (κ2) is 7.85. The van der Waals surface area contributed by atoms with E-state index < -0.39 is 0 Å². The molecule has 0 radical (unpaired) electrons. The molecule has 1 aromatic heterocycles. The van der Waals surface area contributed by atoms with Crippen LogP contribution in [0.3, 0.4) is 0 Å². The third-order valence-electron chi connectivity index (χ3n) is 7.43. The lowest BCUT2D eigenvalue weighted by Gasteiger charge is -2.31. The van der Waals surface area contributed by atoms with E-state index in [0.29, 0.717) is 18.4 Å². The number of rotatable bonds is 4. The van der Waals surface area contributed by atoms with Gasteiger partial charge in [0.1, 0.15) is 0 Å². The van der Waals surface area contributed by atoms with Crippen LogP contribution in [0.25, 0.3) is 10.9 Å². The van der Waals surface area contributed by atoms with Crippen molar-refractivity contribution < 1.29 is 9.59 Å². The number of nitrogens with zero attached hydrogens (tertiary/aromatic N) is 2. The van der Waals surface area contributed by atoms with Crippen LogP contribution in [0.5, 0.6) is 0 Å². The summed E-state index contributed by atoms with van der Waals surface area (Å²) in [6.45, 7) is 7.36. The minimum atomic E-state index is -0.171. The van der Waals surface area contributed by atoms with Gasteiger partial charge in [-0.1, -0.05) is 39.2 Å². The number of benzene rings is 1. The fourth-order valence-electron chi connectivity index (χ4n) is 5.85. The van der Waals surface area contributed by atoms with Gasteiger partial charge in [0.15, 0.2) is 0 Å². The molecule has 1 N–H and O–H groups in total. The summed E-state index contributed by atoms with van der Waals surface area (Å²) in [6.07, 6.45) is 9.46. The smallest absolute Gasteiger partial charge is 0.259 e. The van der Waals surface area contributed by atoms with Crippen LogP contribution in [0, 0.1) is 11.8 Å². The molecular weight excluding hydrogens is 386 g/mol. The predicted molar refractivity (Wildman–Crippen MR) is 124 cm³/mol. The van der Waals surface area contributed by atoms with Crippen LogP contribution in [-0.4, -0.2) is 27.8 Å². The molecule has 3 heterocycles. The topological polar surface area (TPSA) is 54.3 Å². The number of aromatic nitrogens is 1. The van der Waals surface area contributed by atoms with Gasteiger partial charge in [-0.3, -0.25) is 14.5 Å². The van der Waals surface area contributed by atoms with Gasteiger partial charge in [-0.15, -0.1) is 0 Å². The Morgan fingerprint density at radius 1 is 1.19 bits per heavy atom. The predicted octanol–water partition coefficient (Wildman–Crippen LogP) is 5.42. The number of amides is 2. The monoisotopic (exact) mass is 419 g/mol. The summed E-state index contributed by atoms with van der Waals surface area (Å²) in [5.41, 5.74) is 5.35. The van der Waals surface area contributed by atoms with Crippen LogP contribution in [0.15, 0.2) is 35.7 Å². The maximum Gasteiger partial charge on any atom is 0.259 e. The fraction of sp³-hybridized carbons (Fsp3) is 0.538. The number of nitrogens with one attached hydrogen (secondary N) is 1. The Labute approximate surface area is 184 Å². The van der Waals surface area contributed by atoms with E-state index in [4.69, 9.17) is 0 Å². The van der Waals surface area contributed by atoms with Crippen LogP contribution in [0.2, 0.25) is 0 Å². The number of imide groups is 1. The Balaban J connectivity index is 1.68. The lowest BCUT2D eigenvalue weighted by atomic mass is 9.73. The molecule has 0 bridgehead atoms. The molecule has 0 spiro atoms. The molecule has 2 aliphatic heterocycles. The summed E-state index contributed by atoms with van der Waals surface area (Å²) in [7, 11) is 0. The van der Waals surface area contributed by atoms with Crippen LogP contribution in [0.1, 0.15) is 70.8 Å². The van der Waals surface area contributed by atoms with Gasteiger partial charge in [0, 0.05) is 47.9 Å². The van der Waals surface area contributed by atoms with E-state index in [1.807, 2.05) is 0 Å². The average Bonchev–Trinajstić information content (AvgIpc) is 3.23. The third kappa shape index (κ3) is 3.38. The summed E-state index contributed by atoms with van der Waals surface area (Å²) in [4.78, 5) is 27.1. The molecule has 1 aliphatic carbocycles. The van der Waals surface area contributed by atoms with Crippen molar-refractivity contribution in [1.82, 2.24) is 9.47 Å². The number of hydrogen-bond donors (Lipinski definition) is 1. The zero-order valence-electron chi connectivity index (χ0n) is 18.9. The first-order valence-corrected chi connectivity index (χ1v) is 11.9. The van der Waals surface area contributed by atoms with Gasteiger partial charge in [0.05, 0.1) is 12.1 Å². The minimum absolute atomic E-state index is 0.0612. The Bertz CT molecular complexity index is 1070. The summed E-state index contributed by atoms with van der Waals surface area (Å²) >= 11 is 0. The molecule has 0 saturated heterocycles. The van der Waals surface area contributed by atoms with Crippen molar-refractivity contribution in [2.24, 2.45) is 11.8 Å². The Morgan fingerprint density at radius 3 is 2.68 bits per heavy atom. The highest BCUT2D eigenvalue weighted by molar-refractivity contribution is 6.10. The number of carbonyl (C=O) groups is 2.